The third-order valence-electron chi connectivity index (χ3n) is 9.00. The zero-order valence-corrected chi connectivity index (χ0v) is 25.1. The second-order valence-corrected chi connectivity index (χ2v) is 13.3. The minimum atomic E-state index is -0.329. The molecule has 3 aromatic heterocycles. The molecule has 0 spiro atoms. The first-order chi connectivity index (χ1) is 19.6. The second-order valence-electron chi connectivity index (χ2n) is 12.5. The Morgan fingerprint density at radius 1 is 1.12 bits per heavy atom. The zero-order valence-electron chi connectivity index (χ0n) is 24.3. The maximum Gasteiger partial charge on any atom is 0.278 e. The van der Waals surface area contributed by atoms with E-state index in [0.29, 0.717) is 34.7 Å². The number of aryl methyl sites for hydroxylation is 1. The molecule has 2 saturated heterocycles. The molecule has 41 heavy (non-hydrogen) atoms. The fraction of sp³-hybridized carbons (Fsp3) is 0.586. The number of hydrogen-bond donors (Lipinski definition) is 2. The number of piperidine rings is 2. The summed E-state index contributed by atoms with van der Waals surface area (Å²) in [4.78, 5) is 44.3. The molecule has 11 nitrogen and oxygen atoms in total. The number of aromatic nitrogens is 5. The number of hydrogen-bond acceptors (Lipinski definition) is 9. The summed E-state index contributed by atoms with van der Waals surface area (Å²) in [6, 6.07) is 0.592. The van der Waals surface area contributed by atoms with Gasteiger partial charge in [0.2, 0.25) is 11.9 Å². The van der Waals surface area contributed by atoms with Gasteiger partial charge in [-0.25, -0.2) is 15.0 Å². The number of amides is 2. The average molecular weight is 578 g/mol. The predicted octanol–water partition coefficient (Wildman–Crippen LogP) is 3.27. The largest absolute Gasteiger partial charge is 0.368 e. The van der Waals surface area contributed by atoms with Gasteiger partial charge in [-0.05, 0) is 56.5 Å². The van der Waals surface area contributed by atoms with Gasteiger partial charge in [-0.1, -0.05) is 20.8 Å². The van der Waals surface area contributed by atoms with Gasteiger partial charge in [0, 0.05) is 48.9 Å². The number of nitrogen functional groups attached to an aromatic ring is 1. The molecule has 1 aliphatic carbocycles. The Morgan fingerprint density at radius 2 is 1.85 bits per heavy atom. The van der Waals surface area contributed by atoms with Crippen molar-refractivity contribution in [1.29, 1.82) is 0 Å². The fourth-order valence-electron chi connectivity index (χ4n) is 6.57. The standard InChI is InChI=1S/C29H39N9O2S/c1-17-5-9-37(10-6-17)19-7-11-38(12-8-19)22(39)13-18-16-41-28(32-18)34-26(40)23-20-14-29(2,3)21-15-31-27(30)33-24(21)25(20)36(4)35-23/h15-17,19H,5-14H2,1-4H3,(H2,30,31,33)(H,32,34,40). The summed E-state index contributed by atoms with van der Waals surface area (Å²) in [7, 11) is 1.80. The third-order valence-corrected chi connectivity index (χ3v) is 9.80. The quantitative estimate of drug-likeness (QED) is 0.472. The van der Waals surface area contributed by atoms with Gasteiger partial charge in [0.1, 0.15) is 0 Å². The second kappa shape index (κ2) is 10.8. The summed E-state index contributed by atoms with van der Waals surface area (Å²) in [5.74, 6) is 0.782. The Bertz CT molecular complexity index is 1460. The van der Waals surface area contributed by atoms with Crippen molar-refractivity contribution in [1.82, 2.24) is 34.5 Å². The first kappa shape index (κ1) is 27.8. The number of carbonyl (C=O) groups excluding carboxylic acids is 2. The van der Waals surface area contributed by atoms with Crippen LogP contribution in [0.1, 0.15) is 73.8 Å². The number of nitrogens with one attached hydrogen (secondary N) is 1. The SMILES string of the molecule is CC1CCN(C2CCN(C(=O)Cc3csc(NC(=O)c4nn(C)c5c4CC(C)(C)c4cnc(N)nc4-5)n3)CC2)CC1. The lowest BCUT2D eigenvalue weighted by molar-refractivity contribution is -0.132. The van der Waals surface area contributed by atoms with E-state index in [1.165, 1.54) is 37.3 Å². The molecule has 2 fully saturated rings. The number of rotatable bonds is 5. The van der Waals surface area contributed by atoms with Gasteiger partial charge in [0.15, 0.2) is 10.8 Å². The lowest BCUT2D eigenvalue weighted by Gasteiger charge is -2.41. The molecule has 2 amide bonds. The van der Waals surface area contributed by atoms with Gasteiger partial charge in [0.25, 0.3) is 5.91 Å². The summed E-state index contributed by atoms with van der Waals surface area (Å²) < 4.78 is 1.69. The van der Waals surface area contributed by atoms with E-state index in [1.807, 2.05) is 10.3 Å². The average Bonchev–Trinajstić information content (AvgIpc) is 3.51. The predicted molar refractivity (Wildman–Crippen MR) is 159 cm³/mol. The Labute approximate surface area is 244 Å². The number of carbonyl (C=O) groups is 2. The van der Waals surface area contributed by atoms with Gasteiger partial charge in [-0.3, -0.25) is 19.6 Å². The maximum atomic E-state index is 13.4. The van der Waals surface area contributed by atoms with E-state index < -0.39 is 0 Å². The number of nitrogens with two attached hydrogens (primary N) is 1. The highest BCUT2D eigenvalue weighted by atomic mass is 32.1. The van der Waals surface area contributed by atoms with Crippen molar-refractivity contribution in [3.8, 4) is 11.4 Å². The molecular formula is C29H39N9O2S. The molecule has 218 valence electrons. The topological polar surface area (TPSA) is 135 Å². The van der Waals surface area contributed by atoms with Crippen molar-refractivity contribution in [2.75, 3.05) is 37.2 Å². The fourth-order valence-corrected chi connectivity index (χ4v) is 7.27. The highest BCUT2D eigenvalue weighted by Gasteiger charge is 2.38. The molecule has 0 radical (unpaired) electrons. The van der Waals surface area contributed by atoms with Crippen LogP contribution in [0, 0.1) is 5.92 Å². The van der Waals surface area contributed by atoms with Crippen LogP contribution in [-0.2, 0) is 30.1 Å². The summed E-state index contributed by atoms with van der Waals surface area (Å²) in [6.07, 6.45) is 7.25. The molecule has 3 aliphatic rings. The van der Waals surface area contributed by atoms with Crippen LogP contribution in [0.3, 0.4) is 0 Å². The zero-order chi connectivity index (χ0) is 28.9. The Hall–Kier alpha value is -3.38. The van der Waals surface area contributed by atoms with Crippen LogP contribution in [0.5, 0.6) is 0 Å². The van der Waals surface area contributed by atoms with Crippen LogP contribution in [0.15, 0.2) is 11.6 Å². The van der Waals surface area contributed by atoms with E-state index in [9.17, 15) is 9.59 Å². The molecule has 0 aromatic carbocycles. The molecule has 0 bridgehead atoms. The van der Waals surface area contributed by atoms with E-state index in [4.69, 9.17) is 5.73 Å². The van der Waals surface area contributed by atoms with E-state index >= 15 is 0 Å². The van der Waals surface area contributed by atoms with Crippen LogP contribution in [0.4, 0.5) is 11.1 Å². The first-order valence-electron chi connectivity index (χ1n) is 14.6. The van der Waals surface area contributed by atoms with Crippen LogP contribution in [-0.4, -0.2) is 78.6 Å². The smallest absolute Gasteiger partial charge is 0.278 e. The molecule has 3 N–H and O–H groups in total. The van der Waals surface area contributed by atoms with Crippen LogP contribution < -0.4 is 11.1 Å². The van der Waals surface area contributed by atoms with Crippen LogP contribution >= 0.6 is 11.3 Å². The van der Waals surface area contributed by atoms with E-state index in [0.717, 1.165) is 48.7 Å². The third kappa shape index (κ3) is 5.46. The van der Waals surface area contributed by atoms with E-state index in [2.05, 4.69) is 51.0 Å². The lowest BCUT2D eigenvalue weighted by atomic mass is 9.73. The molecule has 0 saturated carbocycles. The number of nitrogens with zero attached hydrogens (tertiary/aromatic N) is 7. The summed E-state index contributed by atoms with van der Waals surface area (Å²) in [5.41, 5.74) is 9.94. The molecule has 2 aliphatic heterocycles. The molecule has 6 rings (SSSR count). The van der Waals surface area contributed by atoms with Crippen molar-refractivity contribution in [2.24, 2.45) is 13.0 Å². The van der Waals surface area contributed by atoms with E-state index in [1.54, 1.807) is 17.9 Å². The highest BCUT2D eigenvalue weighted by Crippen LogP contribution is 2.43. The van der Waals surface area contributed by atoms with Gasteiger partial charge < -0.3 is 15.5 Å². The van der Waals surface area contributed by atoms with Crippen molar-refractivity contribution < 1.29 is 9.59 Å². The lowest BCUT2D eigenvalue weighted by Crippen LogP contribution is -2.49. The number of fused-ring (bicyclic) bond motifs is 3. The summed E-state index contributed by atoms with van der Waals surface area (Å²) in [5, 5.41) is 9.77. The maximum absolute atomic E-state index is 13.4. The van der Waals surface area contributed by atoms with Crippen molar-refractivity contribution in [3.63, 3.8) is 0 Å². The highest BCUT2D eigenvalue weighted by molar-refractivity contribution is 7.14. The molecular weight excluding hydrogens is 538 g/mol. The van der Waals surface area contributed by atoms with E-state index in [-0.39, 0.29) is 29.6 Å². The normalized spacial score (nSPS) is 19.6. The van der Waals surface area contributed by atoms with Crippen molar-refractivity contribution >= 4 is 34.2 Å². The van der Waals surface area contributed by atoms with Gasteiger partial charge >= 0.3 is 0 Å². The van der Waals surface area contributed by atoms with Gasteiger partial charge in [-0.15, -0.1) is 11.3 Å². The van der Waals surface area contributed by atoms with Gasteiger partial charge in [-0.2, -0.15) is 5.10 Å². The molecule has 5 heterocycles. The first-order valence-corrected chi connectivity index (χ1v) is 15.4. The minimum absolute atomic E-state index is 0.0971. The number of anilines is 2. The van der Waals surface area contributed by atoms with Crippen LogP contribution in [0.2, 0.25) is 0 Å². The summed E-state index contributed by atoms with van der Waals surface area (Å²) in [6.45, 7) is 10.5. The van der Waals surface area contributed by atoms with Crippen molar-refractivity contribution in [3.05, 3.63) is 34.1 Å². The molecule has 3 aromatic rings. The summed E-state index contributed by atoms with van der Waals surface area (Å²) >= 11 is 1.32. The Balaban J connectivity index is 1.09. The molecule has 0 unspecified atom stereocenters. The van der Waals surface area contributed by atoms with Crippen molar-refractivity contribution in [2.45, 2.75) is 70.8 Å². The minimum Gasteiger partial charge on any atom is -0.368 e. The number of thiazole rings is 1. The molecule has 0 atom stereocenters. The van der Waals surface area contributed by atoms with Gasteiger partial charge in [0.05, 0.1) is 23.5 Å². The Morgan fingerprint density at radius 3 is 2.59 bits per heavy atom. The number of likely N-dealkylation sites (tertiary alicyclic amines) is 2. The Kier molecular flexibility index (Phi) is 7.31. The monoisotopic (exact) mass is 577 g/mol. The van der Waals surface area contributed by atoms with Crippen LogP contribution in [0.25, 0.3) is 11.4 Å². The molecule has 12 heteroatoms.